The van der Waals surface area contributed by atoms with Gasteiger partial charge in [-0.3, -0.25) is 4.79 Å². The molecule has 1 atom stereocenters. The van der Waals surface area contributed by atoms with E-state index in [0.717, 1.165) is 0 Å². The second-order valence-electron chi connectivity index (χ2n) is 3.35. The van der Waals surface area contributed by atoms with Crippen molar-refractivity contribution in [2.45, 2.75) is 12.5 Å². The summed E-state index contributed by atoms with van der Waals surface area (Å²) in [5.41, 5.74) is 6.43. The number of methoxy groups -OCH3 is 2. The standard InChI is InChI=1S/C11H15NO4/c1-15-8-3-7(4-9(5-8)16-2)10(12)6-11(13)14/h3-5,10H,6,12H2,1-2H3,(H,13,14)/t10-/m1/s1. The molecule has 0 aliphatic rings. The van der Waals surface area contributed by atoms with Crippen molar-refractivity contribution in [3.8, 4) is 11.5 Å². The lowest BCUT2D eigenvalue weighted by molar-refractivity contribution is -0.137. The van der Waals surface area contributed by atoms with Crippen LogP contribution in [0.3, 0.4) is 0 Å². The molecule has 5 heteroatoms. The number of rotatable bonds is 5. The molecule has 0 heterocycles. The van der Waals surface area contributed by atoms with Gasteiger partial charge in [-0.15, -0.1) is 0 Å². The van der Waals surface area contributed by atoms with Crippen molar-refractivity contribution in [1.82, 2.24) is 0 Å². The lowest BCUT2D eigenvalue weighted by Crippen LogP contribution is -2.15. The summed E-state index contributed by atoms with van der Waals surface area (Å²) in [6, 6.07) is 4.55. The Bertz CT molecular complexity index is 356. The van der Waals surface area contributed by atoms with Gasteiger partial charge in [-0.2, -0.15) is 0 Å². The monoisotopic (exact) mass is 225 g/mol. The Morgan fingerprint density at radius 3 is 2.19 bits per heavy atom. The molecule has 0 saturated carbocycles. The van der Waals surface area contributed by atoms with Crippen molar-refractivity contribution >= 4 is 5.97 Å². The first-order valence-electron chi connectivity index (χ1n) is 4.77. The van der Waals surface area contributed by atoms with E-state index >= 15 is 0 Å². The highest BCUT2D eigenvalue weighted by Crippen LogP contribution is 2.26. The lowest BCUT2D eigenvalue weighted by Gasteiger charge is -2.12. The number of hydrogen-bond acceptors (Lipinski definition) is 4. The third-order valence-electron chi connectivity index (χ3n) is 2.20. The van der Waals surface area contributed by atoms with Gasteiger partial charge in [-0.1, -0.05) is 0 Å². The molecular weight excluding hydrogens is 210 g/mol. The van der Waals surface area contributed by atoms with Gasteiger partial charge in [0.2, 0.25) is 0 Å². The van der Waals surface area contributed by atoms with Crippen LogP contribution in [0, 0.1) is 0 Å². The van der Waals surface area contributed by atoms with E-state index in [1.54, 1.807) is 18.2 Å². The topological polar surface area (TPSA) is 81.8 Å². The summed E-state index contributed by atoms with van der Waals surface area (Å²) in [7, 11) is 3.06. The maximum Gasteiger partial charge on any atom is 0.305 e. The van der Waals surface area contributed by atoms with Gasteiger partial charge in [0.15, 0.2) is 0 Å². The van der Waals surface area contributed by atoms with Crippen molar-refractivity contribution in [3.63, 3.8) is 0 Å². The number of benzene rings is 1. The summed E-state index contributed by atoms with van der Waals surface area (Å²) in [5.74, 6) is 0.250. The molecule has 0 spiro atoms. The van der Waals surface area contributed by atoms with Crippen LogP contribution in [0.15, 0.2) is 18.2 Å². The van der Waals surface area contributed by atoms with E-state index in [2.05, 4.69) is 0 Å². The van der Waals surface area contributed by atoms with Crippen molar-refractivity contribution in [2.24, 2.45) is 5.73 Å². The van der Waals surface area contributed by atoms with E-state index in [-0.39, 0.29) is 6.42 Å². The molecule has 1 rings (SSSR count). The van der Waals surface area contributed by atoms with Gasteiger partial charge >= 0.3 is 5.97 Å². The number of carboxylic acids is 1. The molecule has 0 unspecified atom stereocenters. The van der Waals surface area contributed by atoms with Crippen LogP contribution in [0.25, 0.3) is 0 Å². The van der Waals surface area contributed by atoms with Crippen LogP contribution < -0.4 is 15.2 Å². The minimum absolute atomic E-state index is 0.129. The SMILES string of the molecule is COc1cc(OC)cc([C@H](N)CC(=O)O)c1. The second-order valence-corrected chi connectivity index (χ2v) is 3.35. The summed E-state index contributed by atoms with van der Waals surface area (Å²) in [6.45, 7) is 0. The molecule has 16 heavy (non-hydrogen) atoms. The van der Waals surface area contributed by atoms with E-state index in [1.165, 1.54) is 14.2 Å². The summed E-state index contributed by atoms with van der Waals surface area (Å²) in [4.78, 5) is 10.5. The molecule has 88 valence electrons. The smallest absolute Gasteiger partial charge is 0.305 e. The van der Waals surface area contributed by atoms with E-state index in [9.17, 15) is 4.79 Å². The van der Waals surface area contributed by atoms with Crippen LogP contribution in [0.4, 0.5) is 0 Å². The predicted octanol–water partition coefficient (Wildman–Crippen LogP) is 1.18. The molecule has 0 radical (unpaired) electrons. The molecule has 0 aliphatic heterocycles. The van der Waals surface area contributed by atoms with Crippen molar-refractivity contribution in [2.75, 3.05) is 14.2 Å². The molecule has 1 aromatic rings. The normalized spacial score (nSPS) is 11.9. The summed E-state index contributed by atoms with van der Waals surface area (Å²) < 4.78 is 10.1. The molecule has 0 aromatic heterocycles. The van der Waals surface area contributed by atoms with Gasteiger partial charge in [0, 0.05) is 12.1 Å². The Balaban J connectivity index is 2.97. The minimum atomic E-state index is -0.936. The first-order chi connectivity index (χ1) is 7.56. The Morgan fingerprint density at radius 2 is 1.81 bits per heavy atom. The fourth-order valence-electron chi connectivity index (χ4n) is 1.35. The molecule has 1 aromatic carbocycles. The number of aliphatic carboxylic acids is 1. The van der Waals surface area contributed by atoms with Gasteiger partial charge in [0.05, 0.1) is 20.6 Å². The zero-order chi connectivity index (χ0) is 12.1. The fourth-order valence-corrected chi connectivity index (χ4v) is 1.35. The first-order valence-corrected chi connectivity index (χ1v) is 4.77. The predicted molar refractivity (Wildman–Crippen MR) is 58.7 cm³/mol. The zero-order valence-corrected chi connectivity index (χ0v) is 9.27. The third-order valence-corrected chi connectivity index (χ3v) is 2.20. The Kier molecular flexibility index (Phi) is 4.13. The Hall–Kier alpha value is -1.75. The van der Waals surface area contributed by atoms with Crippen LogP contribution >= 0.6 is 0 Å². The van der Waals surface area contributed by atoms with E-state index in [0.29, 0.717) is 17.1 Å². The summed E-state index contributed by atoms with van der Waals surface area (Å²) in [6.07, 6.45) is -0.129. The van der Waals surface area contributed by atoms with Crippen LogP contribution in [-0.2, 0) is 4.79 Å². The fraction of sp³-hybridized carbons (Fsp3) is 0.364. The number of hydrogen-bond donors (Lipinski definition) is 2. The van der Waals surface area contributed by atoms with Gasteiger partial charge in [-0.05, 0) is 17.7 Å². The van der Waals surface area contributed by atoms with Crippen LogP contribution in [0.5, 0.6) is 11.5 Å². The van der Waals surface area contributed by atoms with Crippen molar-refractivity contribution < 1.29 is 19.4 Å². The van der Waals surface area contributed by atoms with Gasteiger partial charge in [-0.25, -0.2) is 0 Å². The third kappa shape index (κ3) is 3.13. The second kappa shape index (κ2) is 5.37. The highest BCUT2D eigenvalue weighted by Gasteiger charge is 2.13. The van der Waals surface area contributed by atoms with Crippen LogP contribution in [0.1, 0.15) is 18.0 Å². The number of nitrogens with two attached hydrogens (primary N) is 1. The number of carboxylic acid groups (broad SMARTS) is 1. The number of carbonyl (C=O) groups is 1. The number of ether oxygens (including phenoxy) is 2. The molecule has 0 bridgehead atoms. The van der Waals surface area contributed by atoms with Gasteiger partial charge in [0.1, 0.15) is 11.5 Å². The quantitative estimate of drug-likeness (QED) is 0.786. The van der Waals surface area contributed by atoms with Crippen molar-refractivity contribution in [3.05, 3.63) is 23.8 Å². The molecule has 0 amide bonds. The highest BCUT2D eigenvalue weighted by atomic mass is 16.5. The highest BCUT2D eigenvalue weighted by molar-refractivity contribution is 5.68. The average Bonchev–Trinajstić information content (AvgIpc) is 2.27. The maximum absolute atomic E-state index is 10.5. The zero-order valence-electron chi connectivity index (χ0n) is 9.27. The average molecular weight is 225 g/mol. The van der Waals surface area contributed by atoms with E-state index in [1.807, 2.05) is 0 Å². The van der Waals surface area contributed by atoms with Gasteiger partial charge in [0.25, 0.3) is 0 Å². The summed E-state index contributed by atoms with van der Waals surface area (Å²) in [5, 5.41) is 8.66. The molecule has 0 saturated heterocycles. The Labute approximate surface area is 93.8 Å². The molecule has 0 aliphatic carbocycles. The minimum Gasteiger partial charge on any atom is -0.497 e. The summed E-state index contributed by atoms with van der Waals surface area (Å²) >= 11 is 0. The molecular formula is C11H15NO4. The van der Waals surface area contributed by atoms with Crippen LogP contribution in [-0.4, -0.2) is 25.3 Å². The van der Waals surface area contributed by atoms with Crippen LogP contribution in [0.2, 0.25) is 0 Å². The lowest BCUT2D eigenvalue weighted by atomic mass is 10.0. The van der Waals surface area contributed by atoms with Gasteiger partial charge < -0.3 is 20.3 Å². The van der Waals surface area contributed by atoms with Crippen molar-refractivity contribution in [1.29, 1.82) is 0 Å². The first kappa shape index (κ1) is 12.3. The van der Waals surface area contributed by atoms with E-state index in [4.69, 9.17) is 20.3 Å². The Morgan fingerprint density at radius 1 is 1.31 bits per heavy atom. The maximum atomic E-state index is 10.5. The van der Waals surface area contributed by atoms with E-state index < -0.39 is 12.0 Å². The molecule has 3 N–H and O–H groups in total. The largest absolute Gasteiger partial charge is 0.497 e. The molecule has 0 fully saturated rings. The molecule has 5 nitrogen and oxygen atoms in total.